The van der Waals surface area contributed by atoms with E-state index in [4.69, 9.17) is 4.74 Å². The summed E-state index contributed by atoms with van der Waals surface area (Å²) in [4.78, 5) is 13.2. The summed E-state index contributed by atoms with van der Waals surface area (Å²) >= 11 is 0. The Labute approximate surface area is 150 Å². The molecule has 0 bridgehead atoms. The summed E-state index contributed by atoms with van der Waals surface area (Å²) < 4.78 is 6.24. The molecule has 0 radical (unpaired) electrons. The fourth-order valence-electron chi connectivity index (χ4n) is 6.42. The molecular formula is C20H32O5. The summed E-state index contributed by atoms with van der Waals surface area (Å²) in [6, 6.07) is 0. The van der Waals surface area contributed by atoms with Crippen molar-refractivity contribution in [3.63, 3.8) is 0 Å². The lowest BCUT2D eigenvalue weighted by Crippen LogP contribution is -2.77. The highest BCUT2D eigenvalue weighted by atomic mass is 16.5. The molecule has 1 saturated heterocycles. The standard InChI is InChI=1S/C20H32O5/c1-7-18(4)10-11(21)14-19(5)12(22)8-9-17(2,3)15(19)13(23)16(24)20(14,6)25-18/h7,12-16,22-24H,1,8-10H2,2-6H3/t12-,13-,14?,15-,16-,18-,19+,20-/m0/s1. The van der Waals surface area contributed by atoms with Crippen LogP contribution in [-0.4, -0.2) is 50.6 Å². The molecule has 5 heteroatoms. The van der Waals surface area contributed by atoms with E-state index in [0.717, 1.165) is 6.42 Å². The average molecular weight is 352 g/mol. The van der Waals surface area contributed by atoms with E-state index in [0.29, 0.717) is 6.42 Å². The second-order valence-electron chi connectivity index (χ2n) is 9.70. The maximum Gasteiger partial charge on any atom is 0.142 e. The van der Waals surface area contributed by atoms with Gasteiger partial charge >= 0.3 is 0 Å². The second-order valence-corrected chi connectivity index (χ2v) is 9.70. The molecule has 0 amide bonds. The van der Waals surface area contributed by atoms with Crippen LogP contribution in [0.3, 0.4) is 0 Å². The van der Waals surface area contributed by atoms with E-state index < -0.39 is 46.8 Å². The molecular weight excluding hydrogens is 320 g/mol. The van der Waals surface area contributed by atoms with E-state index in [9.17, 15) is 20.1 Å². The van der Waals surface area contributed by atoms with E-state index in [1.54, 1.807) is 19.9 Å². The van der Waals surface area contributed by atoms with Crippen LogP contribution in [0, 0.1) is 22.7 Å². The van der Waals surface area contributed by atoms with Gasteiger partial charge in [-0.15, -0.1) is 6.58 Å². The molecule has 3 fully saturated rings. The lowest BCUT2D eigenvalue weighted by Gasteiger charge is -2.67. The van der Waals surface area contributed by atoms with Gasteiger partial charge in [0.1, 0.15) is 17.5 Å². The van der Waals surface area contributed by atoms with E-state index in [1.807, 2.05) is 20.8 Å². The molecule has 0 aromatic heterocycles. The number of ether oxygens (including phenoxy) is 1. The number of carbonyl (C=O) groups excluding carboxylic acids is 1. The lowest BCUT2D eigenvalue weighted by molar-refractivity contribution is -0.319. The zero-order valence-electron chi connectivity index (χ0n) is 16.0. The van der Waals surface area contributed by atoms with Crippen LogP contribution in [0.1, 0.15) is 53.9 Å². The summed E-state index contributed by atoms with van der Waals surface area (Å²) in [6.45, 7) is 13.2. The molecule has 1 heterocycles. The first-order chi connectivity index (χ1) is 11.3. The minimum Gasteiger partial charge on any atom is -0.393 e. The zero-order valence-corrected chi connectivity index (χ0v) is 16.0. The van der Waals surface area contributed by atoms with Crippen LogP contribution < -0.4 is 0 Å². The summed E-state index contributed by atoms with van der Waals surface area (Å²) in [5, 5.41) is 33.0. The normalized spacial score (nSPS) is 55.2. The predicted octanol–water partition coefficient (Wildman–Crippen LogP) is 1.83. The number of Topliss-reactive ketones (excluding diaryl/α,β-unsaturated/α-hetero) is 1. The molecule has 0 spiro atoms. The van der Waals surface area contributed by atoms with Crippen LogP contribution in [0.4, 0.5) is 0 Å². The molecule has 3 aliphatic rings. The van der Waals surface area contributed by atoms with Gasteiger partial charge in [-0.05, 0) is 32.1 Å². The van der Waals surface area contributed by atoms with E-state index >= 15 is 0 Å². The summed E-state index contributed by atoms with van der Waals surface area (Å²) in [7, 11) is 0. The maximum absolute atomic E-state index is 13.2. The number of aliphatic hydroxyl groups is 3. The van der Waals surface area contributed by atoms with Crippen LogP contribution in [0.5, 0.6) is 0 Å². The Balaban J connectivity index is 2.20. The molecule has 25 heavy (non-hydrogen) atoms. The first-order valence-electron chi connectivity index (χ1n) is 9.24. The van der Waals surface area contributed by atoms with Gasteiger partial charge in [0, 0.05) is 17.8 Å². The highest BCUT2D eigenvalue weighted by Gasteiger charge is 2.72. The van der Waals surface area contributed by atoms with E-state index in [2.05, 4.69) is 6.58 Å². The van der Waals surface area contributed by atoms with Crippen molar-refractivity contribution in [2.24, 2.45) is 22.7 Å². The van der Waals surface area contributed by atoms with Crippen molar-refractivity contribution in [2.45, 2.75) is 83.4 Å². The molecule has 0 aromatic carbocycles. The molecule has 1 unspecified atom stereocenters. The lowest BCUT2D eigenvalue weighted by atomic mass is 9.42. The van der Waals surface area contributed by atoms with Crippen LogP contribution >= 0.6 is 0 Å². The summed E-state index contributed by atoms with van der Waals surface area (Å²) in [5.41, 5.74) is -3.30. The van der Waals surface area contributed by atoms with Crippen molar-refractivity contribution in [3.8, 4) is 0 Å². The van der Waals surface area contributed by atoms with Crippen LogP contribution in [0.15, 0.2) is 12.7 Å². The highest BCUT2D eigenvalue weighted by Crippen LogP contribution is 2.64. The van der Waals surface area contributed by atoms with Crippen LogP contribution in [0.25, 0.3) is 0 Å². The van der Waals surface area contributed by atoms with Crippen LogP contribution in [-0.2, 0) is 9.53 Å². The topological polar surface area (TPSA) is 87.0 Å². The Morgan fingerprint density at radius 1 is 1.16 bits per heavy atom. The van der Waals surface area contributed by atoms with Gasteiger partial charge in [-0.3, -0.25) is 4.79 Å². The van der Waals surface area contributed by atoms with Gasteiger partial charge in [0.2, 0.25) is 0 Å². The Hall–Kier alpha value is -0.750. The highest BCUT2D eigenvalue weighted by molar-refractivity contribution is 5.86. The van der Waals surface area contributed by atoms with Crippen molar-refractivity contribution in [1.29, 1.82) is 0 Å². The van der Waals surface area contributed by atoms with Gasteiger partial charge < -0.3 is 20.1 Å². The number of aliphatic hydroxyl groups excluding tert-OH is 3. The van der Waals surface area contributed by atoms with E-state index in [-0.39, 0.29) is 17.6 Å². The van der Waals surface area contributed by atoms with E-state index in [1.165, 1.54) is 0 Å². The van der Waals surface area contributed by atoms with Crippen molar-refractivity contribution in [1.82, 2.24) is 0 Å². The predicted molar refractivity (Wildman–Crippen MR) is 93.8 cm³/mol. The van der Waals surface area contributed by atoms with Crippen molar-refractivity contribution in [2.75, 3.05) is 0 Å². The van der Waals surface area contributed by atoms with Crippen molar-refractivity contribution < 1.29 is 24.9 Å². The minimum absolute atomic E-state index is 0.0358. The number of ketones is 1. The van der Waals surface area contributed by atoms with Crippen LogP contribution in [0.2, 0.25) is 0 Å². The molecule has 2 aliphatic carbocycles. The van der Waals surface area contributed by atoms with Gasteiger partial charge in [0.25, 0.3) is 0 Å². The summed E-state index contributed by atoms with van der Waals surface area (Å²) in [6.07, 6.45) is 0.0519. The monoisotopic (exact) mass is 352 g/mol. The Morgan fingerprint density at radius 3 is 2.32 bits per heavy atom. The SMILES string of the molecule is C=C[C@@]1(C)CC(=O)C2[C@@]3(C)[C@@H](O)CCC(C)(C)[C@@H]3[C@H](O)[C@H](O)[C@@]2(C)O1. The third-order valence-corrected chi connectivity index (χ3v) is 7.47. The van der Waals surface area contributed by atoms with Crippen molar-refractivity contribution >= 4 is 5.78 Å². The molecule has 0 aromatic rings. The zero-order chi connectivity index (χ0) is 19.0. The van der Waals surface area contributed by atoms with Gasteiger partial charge in [-0.2, -0.15) is 0 Å². The molecule has 3 N–H and O–H groups in total. The molecule has 142 valence electrons. The average Bonchev–Trinajstić information content (AvgIpc) is 2.48. The number of fused-ring (bicyclic) bond motifs is 3. The molecule has 8 atom stereocenters. The Bertz CT molecular complexity index is 601. The molecule has 3 rings (SSSR count). The van der Waals surface area contributed by atoms with Gasteiger partial charge in [0.15, 0.2) is 0 Å². The summed E-state index contributed by atoms with van der Waals surface area (Å²) in [5.74, 6) is -1.10. The van der Waals surface area contributed by atoms with Crippen molar-refractivity contribution in [3.05, 3.63) is 12.7 Å². The van der Waals surface area contributed by atoms with Gasteiger partial charge in [-0.25, -0.2) is 0 Å². The minimum atomic E-state index is -1.27. The quantitative estimate of drug-likeness (QED) is 0.627. The number of rotatable bonds is 1. The molecule has 2 saturated carbocycles. The molecule has 5 nitrogen and oxygen atoms in total. The maximum atomic E-state index is 13.2. The largest absolute Gasteiger partial charge is 0.393 e. The fourth-order valence-corrected chi connectivity index (χ4v) is 6.42. The van der Waals surface area contributed by atoms with Gasteiger partial charge in [0.05, 0.1) is 23.7 Å². The Kier molecular flexibility index (Phi) is 4.09. The smallest absolute Gasteiger partial charge is 0.142 e. The first kappa shape index (κ1) is 19.0. The third-order valence-electron chi connectivity index (χ3n) is 7.47. The number of hydrogen-bond donors (Lipinski definition) is 3. The first-order valence-corrected chi connectivity index (χ1v) is 9.24. The number of hydrogen-bond acceptors (Lipinski definition) is 5. The fraction of sp³-hybridized carbons (Fsp3) is 0.850. The Morgan fingerprint density at radius 2 is 1.76 bits per heavy atom. The molecule has 1 aliphatic heterocycles. The second kappa shape index (κ2) is 5.38. The third kappa shape index (κ3) is 2.32. The van der Waals surface area contributed by atoms with Gasteiger partial charge in [-0.1, -0.05) is 26.8 Å². The number of carbonyl (C=O) groups is 1.